The van der Waals surface area contributed by atoms with E-state index in [9.17, 15) is 9.59 Å². The molecule has 1 heterocycles. The average Bonchev–Trinajstić information content (AvgIpc) is 2.58. The van der Waals surface area contributed by atoms with E-state index in [-0.39, 0.29) is 36.9 Å². The number of benzene rings is 1. The molecule has 0 aromatic heterocycles. The van der Waals surface area contributed by atoms with Crippen molar-refractivity contribution in [3.8, 4) is 0 Å². The van der Waals surface area contributed by atoms with Crippen LogP contribution in [0.2, 0.25) is 0 Å². The first-order chi connectivity index (χ1) is 11.1. The van der Waals surface area contributed by atoms with Gasteiger partial charge in [-0.15, -0.1) is 0 Å². The van der Waals surface area contributed by atoms with E-state index in [0.29, 0.717) is 6.54 Å². The van der Waals surface area contributed by atoms with Gasteiger partial charge in [0.15, 0.2) is 0 Å². The van der Waals surface area contributed by atoms with E-state index in [4.69, 9.17) is 10.5 Å². The molecule has 1 saturated heterocycles. The molecule has 0 saturated carbocycles. The molecular weight excluding hydrogens is 294 g/mol. The third kappa shape index (κ3) is 5.33. The Bertz CT molecular complexity index is 530. The van der Waals surface area contributed by atoms with E-state index in [1.54, 1.807) is 0 Å². The summed E-state index contributed by atoms with van der Waals surface area (Å²) < 4.78 is 5.93. The zero-order valence-corrected chi connectivity index (χ0v) is 13.5. The summed E-state index contributed by atoms with van der Waals surface area (Å²) in [5.41, 5.74) is 7.54. The molecule has 6 nitrogen and oxygen atoms in total. The SMILES string of the molecule is Cc1ccc(C2OCCCC2CNC(=O)CNC(=O)CN)cc1. The Labute approximate surface area is 136 Å². The van der Waals surface area contributed by atoms with Crippen LogP contribution in [0.3, 0.4) is 0 Å². The van der Waals surface area contributed by atoms with Crippen molar-refractivity contribution >= 4 is 11.8 Å². The van der Waals surface area contributed by atoms with Crippen LogP contribution in [0.5, 0.6) is 0 Å². The van der Waals surface area contributed by atoms with Crippen LogP contribution in [0, 0.1) is 12.8 Å². The average molecular weight is 319 g/mol. The summed E-state index contributed by atoms with van der Waals surface area (Å²) >= 11 is 0. The quantitative estimate of drug-likeness (QED) is 0.718. The van der Waals surface area contributed by atoms with Crippen LogP contribution >= 0.6 is 0 Å². The van der Waals surface area contributed by atoms with E-state index in [1.165, 1.54) is 5.56 Å². The van der Waals surface area contributed by atoms with Gasteiger partial charge in [-0.1, -0.05) is 29.8 Å². The van der Waals surface area contributed by atoms with Gasteiger partial charge in [0.2, 0.25) is 11.8 Å². The van der Waals surface area contributed by atoms with Crippen LogP contribution in [0.1, 0.15) is 30.1 Å². The van der Waals surface area contributed by atoms with Gasteiger partial charge < -0.3 is 21.1 Å². The predicted octanol–water partition coefficient (Wildman–Crippen LogP) is 0.654. The van der Waals surface area contributed by atoms with Crippen LogP contribution in [0.4, 0.5) is 0 Å². The first-order valence-corrected chi connectivity index (χ1v) is 8.01. The predicted molar refractivity (Wildman–Crippen MR) is 87.7 cm³/mol. The summed E-state index contributed by atoms with van der Waals surface area (Å²) in [6.07, 6.45) is 2.00. The minimum Gasteiger partial charge on any atom is -0.373 e. The smallest absolute Gasteiger partial charge is 0.239 e. The maximum absolute atomic E-state index is 11.8. The van der Waals surface area contributed by atoms with E-state index < -0.39 is 0 Å². The van der Waals surface area contributed by atoms with Crippen molar-refractivity contribution in [2.75, 3.05) is 26.2 Å². The van der Waals surface area contributed by atoms with Gasteiger partial charge in [-0.3, -0.25) is 9.59 Å². The molecule has 1 fully saturated rings. The highest BCUT2D eigenvalue weighted by atomic mass is 16.5. The van der Waals surface area contributed by atoms with Crippen molar-refractivity contribution in [3.05, 3.63) is 35.4 Å². The lowest BCUT2D eigenvalue weighted by molar-refractivity contribution is -0.125. The molecule has 0 spiro atoms. The Kier molecular flexibility index (Phi) is 6.55. The van der Waals surface area contributed by atoms with Gasteiger partial charge in [0, 0.05) is 19.1 Å². The summed E-state index contributed by atoms with van der Waals surface area (Å²) in [5.74, 6) is -0.306. The first-order valence-electron chi connectivity index (χ1n) is 8.01. The number of hydrogen-bond acceptors (Lipinski definition) is 4. The minimum atomic E-state index is -0.335. The first kappa shape index (κ1) is 17.4. The van der Waals surface area contributed by atoms with E-state index in [2.05, 4.69) is 41.8 Å². The molecule has 6 heteroatoms. The van der Waals surface area contributed by atoms with Crippen LogP contribution in [0.25, 0.3) is 0 Å². The molecule has 2 atom stereocenters. The largest absolute Gasteiger partial charge is 0.373 e. The number of nitrogens with two attached hydrogens (primary N) is 1. The summed E-state index contributed by atoms with van der Waals surface area (Å²) in [6.45, 7) is 3.18. The normalized spacial score (nSPS) is 20.8. The molecule has 4 N–H and O–H groups in total. The van der Waals surface area contributed by atoms with Gasteiger partial charge in [-0.2, -0.15) is 0 Å². The van der Waals surface area contributed by atoms with Gasteiger partial charge >= 0.3 is 0 Å². The molecule has 23 heavy (non-hydrogen) atoms. The zero-order valence-electron chi connectivity index (χ0n) is 13.5. The lowest BCUT2D eigenvalue weighted by Crippen LogP contribution is -2.42. The third-order valence-electron chi connectivity index (χ3n) is 4.04. The fraction of sp³-hybridized carbons (Fsp3) is 0.529. The van der Waals surface area contributed by atoms with Crippen molar-refractivity contribution in [3.63, 3.8) is 0 Å². The van der Waals surface area contributed by atoms with Crippen molar-refractivity contribution in [2.24, 2.45) is 11.7 Å². The van der Waals surface area contributed by atoms with Gasteiger partial charge in [0.25, 0.3) is 0 Å². The monoisotopic (exact) mass is 319 g/mol. The number of nitrogens with one attached hydrogen (secondary N) is 2. The molecule has 1 aliphatic rings. The summed E-state index contributed by atoms with van der Waals surface area (Å²) in [6, 6.07) is 8.32. The second-order valence-corrected chi connectivity index (χ2v) is 5.89. The minimum absolute atomic E-state index is 0.00304. The molecule has 2 amide bonds. The van der Waals surface area contributed by atoms with Crippen molar-refractivity contribution in [1.82, 2.24) is 10.6 Å². The highest BCUT2D eigenvalue weighted by Crippen LogP contribution is 2.33. The number of carbonyl (C=O) groups excluding carboxylic acids is 2. The molecule has 2 unspecified atom stereocenters. The molecule has 1 aromatic rings. The van der Waals surface area contributed by atoms with Crippen LogP contribution in [-0.2, 0) is 14.3 Å². The molecule has 0 radical (unpaired) electrons. The Morgan fingerprint density at radius 1 is 1.22 bits per heavy atom. The summed E-state index contributed by atoms with van der Waals surface area (Å²) in [5, 5.41) is 5.33. The molecule has 126 valence electrons. The van der Waals surface area contributed by atoms with Crippen LogP contribution < -0.4 is 16.4 Å². The second kappa shape index (κ2) is 8.64. The molecule has 0 bridgehead atoms. The fourth-order valence-electron chi connectivity index (χ4n) is 2.74. The summed E-state index contributed by atoms with van der Waals surface area (Å²) in [7, 11) is 0. The lowest BCUT2D eigenvalue weighted by Gasteiger charge is -2.32. The standard InChI is InChI=1S/C17H25N3O3/c1-12-4-6-13(7-5-12)17-14(3-2-8-23-17)10-19-16(22)11-20-15(21)9-18/h4-7,14,17H,2-3,8-11,18H2,1H3,(H,19,22)(H,20,21). The number of aryl methyl sites for hydroxylation is 1. The Morgan fingerprint density at radius 3 is 2.65 bits per heavy atom. The molecule has 2 rings (SSSR count). The van der Waals surface area contributed by atoms with Crippen molar-refractivity contribution in [1.29, 1.82) is 0 Å². The maximum atomic E-state index is 11.8. The molecule has 0 aliphatic carbocycles. The topological polar surface area (TPSA) is 93.5 Å². The Balaban J connectivity index is 1.87. The Morgan fingerprint density at radius 2 is 1.96 bits per heavy atom. The number of hydrogen-bond donors (Lipinski definition) is 3. The van der Waals surface area contributed by atoms with Crippen molar-refractivity contribution in [2.45, 2.75) is 25.9 Å². The summed E-state index contributed by atoms with van der Waals surface area (Å²) in [4.78, 5) is 22.8. The number of rotatable bonds is 6. The highest BCUT2D eigenvalue weighted by Gasteiger charge is 2.27. The van der Waals surface area contributed by atoms with Crippen LogP contribution in [0.15, 0.2) is 24.3 Å². The molecular formula is C17H25N3O3. The van der Waals surface area contributed by atoms with Gasteiger partial charge in [-0.25, -0.2) is 0 Å². The number of ether oxygens (including phenoxy) is 1. The van der Waals surface area contributed by atoms with E-state index in [0.717, 1.165) is 25.0 Å². The van der Waals surface area contributed by atoms with Crippen LogP contribution in [-0.4, -0.2) is 38.1 Å². The highest BCUT2D eigenvalue weighted by molar-refractivity contribution is 5.85. The number of carbonyl (C=O) groups is 2. The second-order valence-electron chi connectivity index (χ2n) is 5.89. The van der Waals surface area contributed by atoms with Gasteiger partial charge in [0.05, 0.1) is 19.2 Å². The zero-order chi connectivity index (χ0) is 16.7. The molecule has 1 aliphatic heterocycles. The van der Waals surface area contributed by atoms with Crippen molar-refractivity contribution < 1.29 is 14.3 Å². The maximum Gasteiger partial charge on any atom is 0.239 e. The molecule has 1 aromatic carbocycles. The lowest BCUT2D eigenvalue weighted by atomic mass is 9.89. The van der Waals surface area contributed by atoms with E-state index >= 15 is 0 Å². The Hall–Kier alpha value is -1.92. The fourth-order valence-corrected chi connectivity index (χ4v) is 2.74. The third-order valence-corrected chi connectivity index (χ3v) is 4.04. The number of amides is 2. The van der Waals surface area contributed by atoms with Gasteiger partial charge in [-0.05, 0) is 25.3 Å². The van der Waals surface area contributed by atoms with Gasteiger partial charge in [0.1, 0.15) is 0 Å². The van der Waals surface area contributed by atoms with E-state index in [1.807, 2.05) is 0 Å².